The second kappa shape index (κ2) is 9.14. The number of carbonyl (C=O) groups is 1. The first-order chi connectivity index (χ1) is 17.1. The van der Waals surface area contributed by atoms with E-state index in [4.69, 9.17) is 14.0 Å². The molecule has 0 saturated carbocycles. The molecule has 5 rings (SSSR count). The second-order valence-electron chi connectivity index (χ2n) is 7.46. The van der Waals surface area contributed by atoms with Crippen LogP contribution in [-0.4, -0.2) is 44.4 Å². The van der Waals surface area contributed by atoms with Crippen molar-refractivity contribution in [3.05, 3.63) is 77.3 Å². The molecule has 0 fully saturated rings. The first kappa shape index (κ1) is 21.9. The Morgan fingerprint density at radius 3 is 2.60 bits per heavy atom. The van der Waals surface area contributed by atoms with Gasteiger partial charge in [0.15, 0.2) is 17.1 Å². The van der Waals surface area contributed by atoms with Crippen LogP contribution >= 0.6 is 0 Å². The number of anilines is 1. The van der Waals surface area contributed by atoms with Crippen molar-refractivity contribution < 1.29 is 18.8 Å². The summed E-state index contributed by atoms with van der Waals surface area (Å²) in [7, 11) is 3.03. The summed E-state index contributed by atoms with van der Waals surface area (Å²) in [6.07, 6.45) is 1.56. The van der Waals surface area contributed by atoms with Crippen LogP contribution < -0.4 is 20.5 Å². The number of fused-ring (bicyclic) bond motifs is 1. The number of hydrogen-bond acceptors (Lipinski definition) is 8. The van der Waals surface area contributed by atoms with Crippen LogP contribution in [0.2, 0.25) is 0 Å². The fraction of sp³-hybridized carbons (Fsp3) is 0.125. The van der Waals surface area contributed by atoms with E-state index >= 15 is 0 Å². The minimum Gasteiger partial charge on any atom is -0.493 e. The van der Waals surface area contributed by atoms with Crippen molar-refractivity contribution >= 4 is 17.2 Å². The van der Waals surface area contributed by atoms with E-state index in [1.807, 2.05) is 30.3 Å². The lowest BCUT2D eigenvalue weighted by Crippen LogP contribution is -2.28. The second-order valence-corrected chi connectivity index (χ2v) is 7.46. The van der Waals surface area contributed by atoms with Crippen molar-refractivity contribution in [1.29, 1.82) is 0 Å². The van der Waals surface area contributed by atoms with Gasteiger partial charge in [-0.05, 0) is 24.3 Å². The van der Waals surface area contributed by atoms with E-state index < -0.39 is 11.6 Å². The maximum atomic E-state index is 12.9. The Balaban J connectivity index is 1.41. The molecule has 11 nitrogen and oxygen atoms in total. The van der Waals surface area contributed by atoms with Crippen LogP contribution in [0.25, 0.3) is 28.5 Å². The molecule has 3 aromatic heterocycles. The first-order valence-electron chi connectivity index (χ1n) is 10.6. The van der Waals surface area contributed by atoms with Crippen LogP contribution in [0.3, 0.4) is 0 Å². The van der Waals surface area contributed by atoms with Gasteiger partial charge in [0.2, 0.25) is 11.7 Å². The summed E-state index contributed by atoms with van der Waals surface area (Å²) >= 11 is 0. The van der Waals surface area contributed by atoms with Crippen molar-refractivity contribution in [3.8, 4) is 34.3 Å². The van der Waals surface area contributed by atoms with E-state index in [2.05, 4.69) is 20.6 Å². The summed E-state index contributed by atoms with van der Waals surface area (Å²) in [6.45, 7) is -0.298. The Kier molecular flexibility index (Phi) is 5.71. The molecule has 2 aromatic carbocycles. The molecule has 0 bridgehead atoms. The SMILES string of the molecule is COc1ccc(NC(=O)Cn2nc3c(-c4nc(-c5ccccc5)no4)cccn3c2=O)cc1OC. The average Bonchev–Trinajstić information content (AvgIpc) is 3.50. The Morgan fingerprint density at radius 1 is 1.03 bits per heavy atom. The summed E-state index contributed by atoms with van der Waals surface area (Å²) in [5.74, 6) is 1.19. The summed E-state index contributed by atoms with van der Waals surface area (Å²) in [5.41, 5.74) is 1.57. The average molecular weight is 472 g/mol. The van der Waals surface area contributed by atoms with Crippen molar-refractivity contribution in [2.24, 2.45) is 0 Å². The number of ether oxygens (including phenoxy) is 2. The van der Waals surface area contributed by atoms with Gasteiger partial charge in [-0.3, -0.25) is 4.79 Å². The lowest BCUT2D eigenvalue weighted by Gasteiger charge is -2.10. The van der Waals surface area contributed by atoms with Crippen LogP contribution in [0.15, 0.2) is 76.2 Å². The predicted molar refractivity (Wildman–Crippen MR) is 126 cm³/mol. The molecular formula is C24H20N6O5. The quantitative estimate of drug-likeness (QED) is 0.383. The highest BCUT2D eigenvalue weighted by Gasteiger charge is 2.19. The normalized spacial score (nSPS) is 10.9. The molecule has 0 aliphatic rings. The summed E-state index contributed by atoms with van der Waals surface area (Å²) in [5, 5.41) is 11.1. The molecule has 35 heavy (non-hydrogen) atoms. The molecule has 0 saturated heterocycles. The van der Waals surface area contributed by atoms with Crippen molar-refractivity contribution in [1.82, 2.24) is 24.3 Å². The van der Waals surface area contributed by atoms with Crippen LogP contribution in [0.4, 0.5) is 5.69 Å². The van der Waals surface area contributed by atoms with E-state index in [9.17, 15) is 9.59 Å². The molecule has 0 spiro atoms. The maximum Gasteiger partial charge on any atom is 0.350 e. The van der Waals surface area contributed by atoms with Crippen molar-refractivity contribution in [2.45, 2.75) is 6.54 Å². The molecule has 1 N–H and O–H groups in total. The molecular weight excluding hydrogens is 452 g/mol. The smallest absolute Gasteiger partial charge is 0.350 e. The van der Waals surface area contributed by atoms with Gasteiger partial charge in [0.05, 0.1) is 19.8 Å². The molecule has 0 unspecified atom stereocenters. The molecule has 5 aromatic rings. The number of methoxy groups -OCH3 is 2. The number of amides is 1. The standard InChI is InChI=1S/C24H20N6O5/c1-33-18-11-10-16(13-19(18)34-2)25-20(31)14-30-24(32)29-12-6-9-17(22(29)27-30)23-26-21(28-35-23)15-7-4-3-5-8-15/h3-13H,14H2,1-2H3,(H,25,31). The number of nitrogens with zero attached hydrogens (tertiary/aromatic N) is 5. The topological polar surface area (TPSA) is 126 Å². The molecule has 0 radical (unpaired) electrons. The lowest BCUT2D eigenvalue weighted by atomic mass is 10.2. The number of nitrogens with one attached hydrogen (secondary N) is 1. The minimum atomic E-state index is -0.480. The number of aromatic nitrogens is 5. The number of hydrogen-bond donors (Lipinski definition) is 1. The summed E-state index contributed by atoms with van der Waals surface area (Å²) < 4.78 is 18.3. The largest absolute Gasteiger partial charge is 0.493 e. The first-order valence-corrected chi connectivity index (χ1v) is 10.6. The number of carbonyl (C=O) groups excluding carboxylic acids is 1. The van der Waals surface area contributed by atoms with Gasteiger partial charge in [-0.2, -0.15) is 4.98 Å². The van der Waals surface area contributed by atoms with Gasteiger partial charge >= 0.3 is 5.69 Å². The van der Waals surface area contributed by atoms with Crippen molar-refractivity contribution in [3.63, 3.8) is 0 Å². The third kappa shape index (κ3) is 4.22. The monoisotopic (exact) mass is 472 g/mol. The van der Waals surface area contributed by atoms with Crippen LogP contribution in [-0.2, 0) is 11.3 Å². The molecule has 11 heteroatoms. The molecule has 176 valence electrons. The van der Waals surface area contributed by atoms with Crippen LogP contribution in [0.1, 0.15) is 0 Å². The molecule has 0 atom stereocenters. The van der Waals surface area contributed by atoms with E-state index in [1.165, 1.54) is 18.6 Å². The summed E-state index contributed by atoms with van der Waals surface area (Å²) in [6, 6.07) is 17.7. The molecule has 3 heterocycles. The molecule has 0 aliphatic heterocycles. The van der Waals surface area contributed by atoms with Gasteiger partial charge in [-0.1, -0.05) is 35.5 Å². The number of pyridine rings is 1. The Bertz CT molecular complexity index is 1570. The third-order valence-corrected chi connectivity index (χ3v) is 5.26. The predicted octanol–water partition coefficient (Wildman–Crippen LogP) is 2.87. The fourth-order valence-corrected chi connectivity index (χ4v) is 3.60. The van der Waals surface area contributed by atoms with Crippen LogP contribution in [0.5, 0.6) is 11.5 Å². The fourth-order valence-electron chi connectivity index (χ4n) is 3.60. The number of rotatable bonds is 7. The minimum absolute atomic E-state index is 0.210. The lowest BCUT2D eigenvalue weighted by molar-refractivity contribution is -0.117. The van der Waals surface area contributed by atoms with Gasteiger partial charge in [-0.25, -0.2) is 13.9 Å². The van der Waals surface area contributed by atoms with E-state index in [0.29, 0.717) is 34.2 Å². The highest BCUT2D eigenvalue weighted by Crippen LogP contribution is 2.29. The van der Waals surface area contributed by atoms with Gasteiger partial charge in [0.1, 0.15) is 6.54 Å². The van der Waals surface area contributed by atoms with Crippen molar-refractivity contribution in [2.75, 3.05) is 19.5 Å². The highest BCUT2D eigenvalue weighted by molar-refractivity contribution is 5.91. The Hall–Kier alpha value is -4.93. The zero-order chi connectivity index (χ0) is 24.4. The highest BCUT2D eigenvalue weighted by atomic mass is 16.5. The van der Waals surface area contributed by atoms with Crippen LogP contribution in [0, 0.1) is 0 Å². The van der Waals surface area contributed by atoms with E-state index in [0.717, 1.165) is 10.2 Å². The molecule has 0 aliphatic carbocycles. The molecule has 1 amide bonds. The van der Waals surface area contributed by atoms with E-state index in [1.54, 1.807) is 36.5 Å². The zero-order valence-corrected chi connectivity index (χ0v) is 18.8. The van der Waals surface area contributed by atoms with Gasteiger partial charge < -0.3 is 19.3 Å². The Labute approximate surface area is 198 Å². The zero-order valence-electron chi connectivity index (χ0n) is 18.8. The van der Waals surface area contributed by atoms with Gasteiger partial charge in [0, 0.05) is 23.5 Å². The number of benzene rings is 2. The van der Waals surface area contributed by atoms with Gasteiger partial charge in [-0.15, -0.1) is 5.10 Å². The summed E-state index contributed by atoms with van der Waals surface area (Å²) in [4.78, 5) is 30.0. The van der Waals surface area contributed by atoms with E-state index in [-0.39, 0.29) is 12.4 Å². The maximum absolute atomic E-state index is 12.9. The van der Waals surface area contributed by atoms with Gasteiger partial charge in [0.25, 0.3) is 5.89 Å². The Morgan fingerprint density at radius 2 is 1.83 bits per heavy atom. The third-order valence-electron chi connectivity index (χ3n) is 5.26.